The standard InChI is InChI=1S/C19H27N3O2/c1-14-2-3-16(12-20-14)19(23)22-9-5-17-18(22)4-8-21(17)13-15-6-10-24-11-7-15/h2-3,12,15,17-18H,4-11,13H2,1H3/t17-,18+/m0/s1. The molecular weight excluding hydrogens is 302 g/mol. The Morgan fingerprint density at radius 2 is 1.96 bits per heavy atom. The molecule has 0 spiro atoms. The minimum atomic E-state index is 0.155. The van der Waals surface area contributed by atoms with E-state index in [1.165, 1.54) is 19.4 Å². The van der Waals surface area contributed by atoms with E-state index in [2.05, 4.69) is 14.8 Å². The second-order valence-corrected chi connectivity index (χ2v) is 7.45. The summed E-state index contributed by atoms with van der Waals surface area (Å²) in [5, 5.41) is 0. The lowest BCUT2D eigenvalue weighted by molar-refractivity contribution is 0.0502. The minimum Gasteiger partial charge on any atom is -0.381 e. The number of likely N-dealkylation sites (tertiary alicyclic amines) is 2. The first-order valence-corrected chi connectivity index (χ1v) is 9.28. The number of hydrogen-bond acceptors (Lipinski definition) is 4. The molecule has 0 radical (unpaired) electrons. The highest BCUT2D eigenvalue weighted by Gasteiger charge is 2.44. The molecule has 0 saturated carbocycles. The average molecular weight is 329 g/mol. The van der Waals surface area contributed by atoms with E-state index < -0.39 is 0 Å². The highest BCUT2D eigenvalue weighted by molar-refractivity contribution is 5.94. The Bertz CT molecular complexity index is 583. The van der Waals surface area contributed by atoms with Gasteiger partial charge in [-0.25, -0.2) is 0 Å². The van der Waals surface area contributed by atoms with E-state index in [4.69, 9.17) is 4.74 Å². The first-order valence-electron chi connectivity index (χ1n) is 9.28. The van der Waals surface area contributed by atoms with E-state index in [1.54, 1.807) is 6.20 Å². The predicted molar refractivity (Wildman–Crippen MR) is 91.9 cm³/mol. The Hall–Kier alpha value is -1.46. The fourth-order valence-electron chi connectivity index (χ4n) is 4.57. The van der Waals surface area contributed by atoms with Crippen LogP contribution in [0.15, 0.2) is 18.3 Å². The molecule has 3 fully saturated rings. The van der Waals surface area contributed by atoms with Crippen molar-refractivity contribution in [1.82, 2.24) is 14.8 Å². The smallest absolute Gasteiger partial charge is 0.255 e. The Labute approximate surface area is 144 Å². The van der Waals surface area contributed by atoms with Crippen LogP contribution >= 0.6 is 0 Å². The molecular formula is C19H27N3O2. The monoisotopic (exact) mass is 329 g/mol. The number of amides is 1. The molecule has 0 aliphatic carbocycles. The van der Waals surface area contributed by atoms with Gasteiger partial charge in [-0.1, -0.05) is 0 Å². The van der Waals surface area contributed by atoms with Gasteiger partial charge in [-0.2, -0.15) is 0 Å². The molecule has 0 unspecified atom stereocenters. The van der Waals surface area contributed by atoms with Crippen molar-refractivity contribution in [2.24, 2.45) is 5.92 Å². The lowest BCUT2D eigenvalue weighted by Gasteiger charge is -2.30. The Balaban J connectivity index is 1.40. The molecule has 4 rings (SSSR count). The number of rotatable bonds is 3. The van der Waals surface area contributed by atoms with Gasteiger partial charge >= 0.3 is 0 Å². The maximum atomic E-state index is 12.8. The van der Waals surface area contributed by atoms with Gasteiger partial charge in [0.1, 0.15) is 0 Å². The summed E-state index contributed by atoms with van der Waals surface area (Å²) in [6.07, 6.45) is 6.31. The number of hydrogen-bond donors (Lipinski definition) is 0. The third-order valence-electron chi connectivity index (χ3n) is 5.94. The molecule has 3 aliphatic heterocycles. The molecule has 1 aromatic rings. The van der Waals surface area contributed by atoms with E-state index in [9.17, 15) is 4.79 Å². The summed E-state index contributed by atoms with van der Waals surface area (Å²) in [5.74, 6) is 0.923. The molecule has 1 aromatic heterocycles. The summed E-state index contributed by atoms with van der Waals surface area (Å²) in [5.41, 5.74) is 1.68. The van der Waals surface area contributed by atoms with Crippen LogP contribution in [0.3, 0.4) is 0 Å². The maximum Gasteiger partial charge on any atom is 0.255 e. The van der Waals surface area contributed by atoms with Crippen molar-refractivity contribution in [3.63, 3.8) is 0 Å². The van der Waals surface area contributed by atoms with Crippen molar-refractivity contribution in [2.75, 3.05) is 32.8 Å². The Morgan fingerprint density at radius 1 is 1.17 bits per heavy atom. The summed E-state index contributed by atoms with van der Waals surface area (Å²) >= 11 is 0. The van der Waals surface area contributed by atoms with Crippen molar-refractivity contribution < 1.29 is 9.53 Å². The molecule has 2 atom stereocenters. The van der Waals surface area contributed by atoms with Gasteiger partial charge < -0.3 is 9.64 Å². The Kier molecular flexibility index (Phi) is 4.55. The van der Waals surface area contributed by atoms with Crippen LogP contribution in [-0.4, -0.2) is 65.6 Å². The van der Waals surface area contributed by atoms with Gasteiger partial charge in [0.05, 0.1) is 5.56 Å². The topological polar surface area (TPSA) is 45.7 Å². The fourth-order valence-corrected chi connectivity index (χ4v) is 4.57. The molecule has 5 nitrogen and oxygen atoms in total. The highest BCUT2D eigenvalue weighted by Crippen LogP contribution is 2.34. The molecule has 0 bridgehead atoms. The van der Waals surface area contributed by atoms with Crippen LogP contribution in [0.4, 0.5) is 0 Å². The molecule has 130 valence electrons. The second kappa shape index (κ2) is 6.81. The van der Waals surface area contributed by atoms with Crippen molar-refractivity contribution >= 4 is 5.91 Å². The molecule has 1 amide bonds. The average Bonchev–Trinajstić information content (AvgIpc) is 3.19. The number of fused-ring (bicyclic) bond motifs is 1. The van der Waals surface area contributed by atoms with Gasteiger partial charge in [0.25, 0.3) is 5.91 Å². The first-order chi connectivity index (χ1) is 11.7. The van der Waals surface area contributed by atoms with Gasteiger partial charge in [0.2, 0.25) is 0 Å². The third kappa shape index (κ3) is 3.07. The van der Waals surface area contributed by atoms with E-state index in [-0.39, 0.29) is 5.91 Å². The lowest BCUT2D eigenvalue weighted by Crippen LogP contribution is -2.41. The summed E-state index contributed by atoms with van der Waals surface area (Å²) in [7, 11) is 0. The number of nitrogens with zero attached hydrogens (tertiary/aromatic N) is 3. The lowest BCUT2D eigenvalue weighted by atomic mass is 9.99. The van der Waals surface area contributed by atoms with Gasteiger partial charge in [0, 0.05) is 56.8 Å². The molecule has 5 heteroatoms. The van der Waals surface area contributed by atoms with E-state index in [0.29, 0.717) is 12.1 Å². The van der Waals surface area contributed by atoms with Crippen LogP contribution in [0.5, 0.6) is 0 Å². The largest absolute Gasteiger partial charge is 0.381 e. The summed E-state index contributed by atoms with van der Waals surface area (Å²) in [4.78, 5) is 21.9. The summed E-state index contributed by atoms with van der Waals surface area (Å²) in [6, 6.07) is 4.77. The van der Waals surface area contributed by atoms with Crippen LogP contribution < -0.4 is 0 Å². The molecule has 3 saturated heterocycles. The zero-order valence-electron chi connectivity index (χ0n) is 14.5. The van der Waals surface area contributed by atoms with E-state index in [0.717, 1.165) is 56.3 Å². The maximum absolute atomic E-state index is 12.8. The van der Waals surface area contributed by atoms with Gasteiger partial charge in [-0.15, -0.1) is 0 Å². The van der Waals surface area contributed by atoms with E-state index in [1.807, 2.05) is 19.1 Å². The molecule has 3 aliphatic rings. The normalized spacial score (nSPS) is 28.3. The fraction of sp³-hybridized carbons (Fsp3) is 0.684. The number of pyridine rings is 1. The molecule has 0 N–H and O–H groups in total. The van der Waals surface area contributed by atoms with Crippen LogP contribution in [0.1, 0.15) is 41.7 Å². The van der Waals surface area contributed by atoms with Gasteiger partial charge in [-0.05, 0) is 50.7 Å². The number of carbonyl (C=O) groups excluding carboxylic acids is 1. The minimum absolute atomic E-state index is 0.155. The Morgan fingerprint density at radius 3 is 2.71 bits per heavy atom. The van der Waals surface area contributed by atoms with Crippen molar-refractivity contribution in [3.8, 4) is 0 Å². The zero-order valence-corrected chi connectivity index (χ0v) is 14.5. The molecule has 4 heterocycles. The molecule has 0 aromatic carbocycles. The highest BCUT2D eigenvalue weighted by atomic mass is 16.5. The summed E-state index contributed by atoms with van der Waals surface area (Å²) in [6.45, 7) is 6.97. The zero-order chi connectivity index (χ0) is 16.5. The van der Waals surface area contributed by atoms with Crippen LogP contribution in [0, 0.1) is 12.8 Å². The van der Waals surface area contributed by atoms with Crippen molar-refractivity contribution in [1.29, 1.82) is 0 Å². The van der Waals surface area contributed by atoms with E-state index >= 15 is 0 Å². The SMILES string of the molecule is Cc1ccc(C(=O)N2CC[C@H]3[C@H]2CCN3CC2CCOCC2)cn1. The van der Waals surface area contributed by atoms with Crippen LogP contribution in [-0.2, 0) is 4.74 Å². The van der Waals surface area contributed by atoms with Crippen molar-refractivity contribution in [3.05, 3.63) is 29.6 Å². The number of aromatic nitrogens is 1. The second-order valence-electron chi connectivity index (χ2n) is 7.45. The number of aryl methyl sites for hydroxylation is 1. The van der Waals surface area contributed by atoms with Crippen LogP contribution in [0.2, 0.25) is 0 Å². The predicted octanol–water partition coefficient (Wildman–Crippen LogP) is 2.11. The molecule has 24 heavy (non-hydrogen) atoms. The number of ether oxygens (including phenoxy) is 1. The quantitative estimate of drug-likeness (QED) is 0.852. The summed E-state index contributed by atoms with van der Waals surface area (Å²) < 4.78 is 5.48. The van der Waals surface area contributed by atoms with Crippen LogP contribution in [0.25, 0.3) is 0 Å². The van der Waals surface area contributed by atoms with Gasteiger partial charge in [0.15, 0.2) is 0 Å². The third-order valence-corrected chi connectivity index (χ3v) is 5.94. The first kappa shape index (κ1) is 16.0. The van der Waals surface area contributed by atoms with Crippen molar-refractivity contribution in [2.45, 2.75) is 44.7 Å². The van der Waals surface area contributed by atoms with Gasteiger partial charge in [-0.3, -0.25) is 14.7 Å². The number of carbonyl (C=O) groups is 1.